The van der Waals surface area contributed by atoms with E-state index in [1.165, 1.54) is 13.0 Å². The minimum Gasteiger partial charge on any atom is -0.315 e. The van der Waals surface area contributed by atoms with Crippen molar-refractivity contribution in [2.75, 3.05) is 13.1 Å². The Labute approximate surface area is 56.3 Å². The topological polar surface area (TPSA) is 12.0 Å². The molecule has 8 heavy (non-hydrogen) atoms. The highest BCUT2D eigenvalue weighted by molar-refractivity contribution is 7.81. The zero-order valence-electron chi connectivity index (χ0n) is 5.22. The summed E-state index contributed by atoms with van der Waals surface area (Å²) >= 11 is 4.36. The Morgan fingerprint density at radius 3 is 2.62 bits per heavy atom. The van der Waals surface area contributed by atoms with Crippen LogP contribution in [-0.4, -0.2) is 18.3 Å². The fraction of sp³-hybridized carbons (Fsp3) is 1.00. The van der Waals surface area contributed by atoms with E-state index in [0.29, 0.717) is 5.25 Å². The summed E-state index contributed by atoms with van der Waals surface area (Å²) in [5.74, 6) is 0.825. The molecule has 0 amide bonds. The van der Waals surface area contributed by atoms with Gasteiger partial charge in [-0.05, 0) is 18.9 Å². The third-order valence-electron chi connectivity index (χ3n) is 1.55. The molecule has 1 N–H and O–H groups in total. The quantitative estimate of drug-likeness (QED) is 0.466. The van der Waals surface area contributed by atoms with Gasteiger partial charge < -0.3 is 5.32 Å². The maximum absolute atomic E-state index is 4.36. The number of rotatable bonds is 0. The van der Waals surface area contributed by atoms with Crippen LogP contribution in [0.25, 0.3) is 0 Å². The molecule has 2 atom stereocenters. The fourth-order valence-corrected chi connectivity index (χ4v) is 1.62. The fourth-order valence-electron chi connectivity index (χ4n) is 1.13. The number of hydrogen-bond acceptors (Lipinski definition) is 2. The van der Waals surface area contributed by atoms with Crippen molar-refractivity contribution in [3.63, 3.8) is 0 Å². The second-order valence-corrected chi connectivity index (χ2v) is 3.38. The highest BCUT2D eigenvalue weighted by Gasteiger charge is 2.13. The smallest absolute Gasteiger partial charge is 0.0145 e. The Morgan fingerprint density at radius 2 is 2.25 bits per heavy atom. The minimum atomic E-state index is 0.596. The van der Waals surface area contributed by atoms with E-state index in [1.807, 2.05) is 0 Å². The lowest BCUT2D eigenvalue weighted by molar-refractivity contribution is 0.415. The molecular weight excluding hydrogens is 118 g/mol. The molecule has 0 saturated carbocycles. The first kappa shape index (κ1) is 6.43. The molecule has 0 spiro atoms. The zero-order valence-corrected chi connectivity index (χ0v) is 6.12. The Morgan fingerprint density at radius 1 is 1.50 bits per heavy atom. The summed E-state index contributed by atoms with van der Waals surface area (Å²) in [6.07, 6.45) is 1.27. The van der Waals surface area contributed by atoms with Crippen LogP contribution in [0.5, 0.6) is 0 Å². The van der Waals surface area contributed by atoms with E-state index in [2.05, 4.69) is 24.9 Å². The molecule has 1 aliphatic rings. The van der Waals surface area contributed by atoms with Crippen molar-refractivity contribution >= 4 is 12.6 Å². The van der Waals surface area contributed by atoms with Gasteiger partial charge in [-0.3, -0.25) is 0 Å². The van der Waals surface area contributed by atoms with Crippen molar-refractivity contribution in [2.24, 2.45) is 5.92 Å². The van der Waals surface area contributed by atoms with Crippen molar-refractivity contribution < 1.29 is 0 Å². The van der Waals surface area contributed by atoms with Crippen LogP contribution >= 0.6 is 12.6 Å². The van der Waals surface area contributed by atoms with Crippen LogP contribution in [0.1, 0.15) is 13.3 Å². The van der Waals surface area contributed by atoms with Gasteiger partial charge in [0.05, 0.1) is 0 Å². The van der Waals surface area contributed by atoms with Gasteiger partial charge in [-0.15, -0.1) is 0 Å². The molecular formula is C6H13NS. The number of hydrogen-bond donors (Lipinski definition) is 2. The molecule has 1 nitrogen and oxygen atoms in total. The summed E-state index contributed by atoms with van der Waals surface area (Å²) in [5.41, 5.74) is 0. The molecule has 0 aromatic rings. The molecule has 2 unspecified atom stereocenters. The molecule has 48 valence electrons. The molecule has 0 aliphatic carbocycles. The van der Waals surface area contributed by atoms with Crippen LogP contribution in [-0.2, 0) is 0 Å². The predicted molar refractivity (Wildman–Crippen MR) is 39.4 cm³/mol. The third-order valence-corrected chi connectivity index (χ3v) is 1.94. The lowest BCUT2D eigenvalue weighted by Crippen LogP contribution is -2.35. The van der Waals surface area contributed by atoms with Crippen molar-refractivity contribution in [1.29, 1.82) is 0 Å². The normalized spacial score (nSPS) is 39.8. The van der Waals surface area contributed by atoms with Crippen LogP contribution in [0.3, 0.4) is 0 Å². The van der Waals surface area contributed by atoms with Crippen molar-refractivity contribution in [2.45, 2.75) is 18.6 Å². The summed E-state index contributed by atoms with van der Waals surface area (Å²) in [6, 6.07) is 0. The largest absolute Gasteiger partial charge is 0.315 e. The van der Waals surface area contributed by atoms with Crippen molar-refractivity contribution in [3.8, 4) is 0 Å². The Bertz CT molecular complexity index is 66.9. The van der Waals surface area contributed by atoms with Gasteiger partial charge in [-0.1, -0.05) is 6.92 Å². The number of piperidine rings is 1. The van der Waals surface area contributed by atoms with Crippen LogP contribution in [0.4, 0.5) is 0 Å². The molecule has 0 aromatic carbocycles. The lowest BCUT2D eigenvalue weighted by atomic mass is 10.0. The van der Waals surface area contributed by atoms with Crippen LogP contribution in [0.2, 0.25) is 0 Å². The molecule has 1 aliphatic heterocycles. The molecule has 1 saturated heterocycles. The predicted octanol–water partition coefficient (Wildman–Crippen LogP) is 0.914. The van der Waals surface area contributed by atoms with Crippen molar-refractivity contribution in [3.05, 3.63) is 0 Å². The first-order valence-electron chi connectivity index (χ1n) is 3.18. The summed E-state index contributed by atoms with van der Waals surface area (Å²) in [6.45, 7) is 4.53. The zero-order chi connectivity index (χ0) is 5.98. The Kier molecular flexibility index (Phi) is 2.20. The molecule has 1 heterocycles. The molecule has 1 fully saturated rings. The van der Waals surface area contributed by atoms with Gasteiger partial charge in [0.15, 0.2) is 0 Å². The number of nitrogens with one attached hydrogen (secondary N) is 1. The summed E-state index contributed by atoms with van der Waals surface area (Å²) < 4.78 is 0. The highest BCUT2D eigenvalue weighted by Crippen LogP contribution is 2.12. The summed E-state index contributed by atoms with van der Waals surface area (Å²) in [4.78, 5) is 0. The Balaban J connectivity index is 2.23. The van der Waals surface area contributed by atoms with E-state index < -0.39 is 0 Å². The first-order chi connectivity index (χ1) is 3.79. The van der Waals surface area contributed by atoms with Gasteiger partial charge in [-0.25, -0.2) is 0 Å². The standard InChI is InChI=1S/C6H13NS/c1-5-2-6(8)4-7-3-5/h5-8H,2-4H2,1H3. The molecule has 0 aromatic heterocycles. The average molecular weight is 131 g/mol. The summed E-state index contributed by atoms with van der Waals surface area (Å²) in [5, 5.41) is 3.90. The van der Waals surface area contributed by atoms with E-state index in [-0.39, 0.29) is 0 Å². The van der Waals surface area contributed by atoms with E-state index in [0.717, 1.165) is 12.5 Å². The van der Waals surface area contributed by atoms with Crippen LogP contribution in [0.15, 0.2) is 0 Å². The minimum absolute atomic E-state index is 0.596. The summed E-state index contributed by atoms with van der Waals surface area (Å²) in [7, 11) is 0. The molecule has 1 rings (SSSR count). The van der Waals surface area contributed by atoms with E-state index in [4.69, 9.17) is 0 Å². The molecule has 0 bridgehead atoms. The van der Waals surface area contributed by atoms with Gasteiger partial charge in [-0.2, -0.15) is 12.6 Å². The maximum Gasteiger partial charge on any atom is 0.0145 e. The second-order valence-electron chi connectivity index (χ2n) is 2.65. The molecule has 2 heteroatoms. The Hall–Kier alpha value is 0.310. The SMILES string of the molecule is CC1CNCC(S)C1. The number of thiol groups is 1. The van der Waals surface area contributed by atoms with Gasteiger partial charge in [0.1, 0.15) is 0 Å². The van der Waals surface area contributed by atoms with Crippen LogP contribution in [0, 0.1) is 5.92 Å². The average Bonchev–Trinajstić information content (AvgIpc) is 1.64. The lowest BCUT2D eigenvalue weighted by Gasteiger charge is -2.23. The van der Waals surface area contributed by atoms with Crippen molar-refractivity contribution in [1.82, 2.24) is 5.32 Å². The molecule has 0 radical (unpaired) electrons. The second kappa shape index (κ2) is 2.74. The van der Waals surface area contributed by atoms with Crippen LogP contribution < -0.4 is 5.32 Å². The highest BCUT2D eigenvalue weighted by atomic mass is 32.1. The van der Waals surface area contributed by atoms with E-state index in [1.54, 1.807) is 0 Å². The monoisotopic (exact) mass is 131 g/mol. The van der Waals surface area contributed by atoms with E-state index in [9.17, 15) is 0 Å². The third kappa shape index (κ3) is 1.67. The maximum atomic E-state index is 4.36. The van der Waals surface area contributed by atoms with Gasteiger partial charge in [0, 0.05) is 11.8 Å². The van der Waals surface area contributed by atoms with Gasteiger partial charge in [0.2, 0.25) is 0 Å². The first-order valence-corrected chi connectivity index (χ1v) is 3.69. The van der Waals surface area contributed by atoms with Gasteiger partial charge >= 0.3 is 0 Å². The van der Waals surface area contributed by atoms with E-state index >= 15 is 0 Å². The van der Waals surface area contributed by atoms with Gasteiger partial charge in [0.25, 0.3) is 0 Å².